The lowest BCUT2D eigenvalue weighted by atomic mass is 9.98. The highest BCUT2D eigenvalue weighted by Gasteiger charge is 2.30. The molecule has 2 atom stereocenters. The normalized spacial score (nSPS) is 22.0. The summed E-state index contributed by atoms with van der Waals surface area (Å²) in [5, 5.41) is 0. The van der Waals surface area contributed by atoms with Gasteiger partial charge in [-0.2, -0.15) is 0 Å². The summed E-state index contributed by atoms with van der Waals surface area (Å²) in [6, 6.07) is 3.95. The summed E-state index contributed by atoms with van der Waals surface area (Å²) in [6.07, 6.45) is 3.20. The highest BCUT2D eigenvalue weighted by molar-refractivity contribution is 5.29. The van der Waals surface area contributed by atoms with Gasteiger partial charge in [0.05, 0.1) is 0 Å². The zero-order valence-electron chi connectivity index (χ0n) is 8.12. The van der Waals surface area contributed by atoms with E-state index in [1.807, 2.05) is 12.1 Å². The van der Waals surface area contributed by atoms with Crippen LogP contribution in [-0.2, 0) is 6.42 Å². The molecule has 0 fully saturated rings. The highest BCUT2D eigenvalue weighted by atomic mass is 19.1. The third-order valence-corrected chi connectivity index (χ3v) is 2.88. The second-order valence-corrected chi connectivity index (χ2v) is 3.79. The van der Waals surface area contributed by atoms with Crippen molar-refractivity contribution in [3.05, 3.63) is 29.6 Å². The predicted molar refractivity (Wildman–Crippen MR) is 53.9 cm³/mol. The van der Waals surface area contributed by atoms with Crippen LogP contribution in [0.4, 0.5) is 4.39 Å². The van der Waals surface area contributed by atoms with E-state index < -0.39 is 6.17 Å². The number of alkyl halides is 1. The van der Waals surface area contributed by atoms with Gasteiger partial charge in [0, 0.05) is 17.8 Å². The largest absolute Gasteiger partial charge is 0.330 e. The third kappa shape index (κ3) is 1.64. The minimum atomic E-state index is -0.823. The molecule has 0 aliphatic heterocycles. The lowest BCUT2D eigenvalue weighted by molar-refractivity contribution is 0.264. The summed E-state index contributed by atoms with van der Waals surface area (Å²) >= 11 is 0. The van der Waals surface area contributed by atoms with E-state index in [9.17, 15) is 4.39 Å². The van der Waals surface area contributed by atoms with E-state index >= 15 is 0 Å². The summed E-state index contributed by atoms with van der Waals surface area (Å²) < 4.78 is 13.7. The molecule has 1 aromatic rings. The monoisotopic (exact) mass is 194 g/mol. The van der Waals surface area contributed by atoms with Gasteiger partial charge in [-0.25, -0.2) is 4.39 Å². The lowest BCUT2D eigenvalue weighted by Gasteiger charge is -2.14. The lowest BCUT2D eigenvalue weighted by Crippen LogP contribution is -2.17. The molecule has 2 unspecified atom stereocenters. The van der Waals surface area contributed by atoms with Gasteiger partial charge in [0.25, 0.3) is 0 Å². The summed E-state index contributed by atoms with van der Waals surface area (Å²) in [5.74, 6) is -0.0188. The Balaban J connectivity index is 2.17. The average molecular weight is 194 g/mol. The fourth-order valence-electron chi connectivity index (χ4n) is 2.16. The Morgan fingerprint density at radius 1 is 1.64 bits per heavy atom. The van der Waals surface area contributed by atoms with Gasteiger partial charge in [-0.15, -0.1) is 0 Å². The van der Waals surface area contributed by atoms with Crippen LogP contribution in [0.2, 0.25) is 0 Å². The van der Waals surface area contributed by atoms with Crippen molar-refractivity contribution < 1.29 is 4.39 Å². The SMILES string of the molecule is NCCC(F)C1CCc2cccnc21. The fraction of sp³-hybridized carbons (Fsp3) is 0.545. The maximum atomic E-state index is 13.7. The Morgan fingerprint density at radius 2 is 2.50 bits per heavy atom. The van der Waals surface area contributed by atoms with Gasteiger partial charge >= 0.3 is 0 Å². The van der Waals surface area contributed by atoms with Crippen molar-refractivity contribution in [3.8, 4) is 0 Å². The number of nitrogens with two attached hydrogens (primary N) is 1. The van der Waals surface area contributed by atoms with Crippen molar-refractivity contribution in [1.82, 2.24) is 4.98 Å². The summed E-state index contributed by atoms with van der Waals surface area (Å²) in [7, 11) is 0. The van der Waals surface area contributed by atoms with Crippen LogP contribution in [0.1, 0.15) is 30.0 Å². The van der Waals surface area contributed by atoms with E-state index in [1.165, 1.54) is 5.56 Å². The number of pyridine rings is 1. The molecule has 0 saturated heterocycles. The van der Waals surface area contributed by atoms with E-state index in [0.717, 1.165) is 18.5 Å². The third-order valence-electron chi connectivity index (χ3n) is 2.88. The standard InChI is InChI=1S/C11H15FN2/c12-10(5-6-13)9-4-3-8-2-1-7-14-11(8)9/h1-2,7,9-10H,3-6,13H2. The molecule has 2 rings (SSSR count). The first kappa shape index (κ1) is 9.59. The summed E-state index contributed by atoms with van der Waals surface area (Å²) in [4.78, 5) is 4.26. The average Bonchev–Trinajstić information content (AvgIpc) is 2.61. The number of hydrogen-bond acceptors (Lipinski definition) is 2. The molecule has 14 heavy (non-hydrogen) atoms. The fourth-order valence-corrected chi connectivity index (χ4v) is 2.16. The Morgan fingerprint density at radius 3 is 3.29 bits per heavy atom. The topological polar surface area (TPSA) is 38.9 Å². The van der Waals surface area contributed by atoms with Crippen molar-refractivity contribution in [2.75, 3.05) is 6.54 Å². The minimum Gasteiger partial charge on any atom is -0.330 e. The molecule has 0 bridgehead atoms. The smallest absolute Gasteiger partial charge is 0.110 e. The molecule has 1 aliphatic rings. The van der Waals surface area contributed by atoms with Gasteiger partial charge < -0.3 is 5.73 Å². The molecular weight excluding hydrogens is 179 g/mol. The Kier molecular flexibility index (Phi) is 2.77. The van der Waals surface area contributed by atoms with Gasteiger partial charge in [0.2, 0.25) is 0 Å². The van der Waals surface area contributed by atoms with Crippen molar-refractivity contribution in [2.45, 2.75) is 31.4 Å². The molecule has 1 heterocycles. The summed E-state index contributed by atoms with van der Waals surface area (Å²) in [6.45, 7) is 0.417. The molecule has 0 amide bonds. The Bertz CT molecular complexity index is 314. The number of nitrogens with zero attached hydrogens (tertiary/aromatic N) is 1. The number of hydrogen-bond donors (Lipinski definition) is 1. The number of fused-ring (bicyclic) bond motifs is 1. The van der Waals surface area contributed by atoms with Gasteiger partial charge in [-0.05, 0) is 37.4 Å². The van der Waals surface area contributed by atoms with Crippen molar-refractivity contribution in [2.24, 2.45) is 5.73 Å². The van der Waals surface area contributed by atoms with Crippen molar-refractivity contribution in [1.29, 1.82) is 0 Å². The molecule has 1 aromatic heterocycles. The van der Waals surface area contributed by atoms with E-state index in [-0.39, 0.29) is 5.92 Å². The first-order valence-corrected chi connectivity index (χ1v) is 5.11. The molecule has 76 valence electrons. The van der Waals surface area contributed by atoms with Gasteiger partial charge in [-0.1, -0.05) is 6.07 Å². The number of aryl methyl sites for hydroxylation is 1. The molecule has 2 nitrogen and oxygen atoms in total. The van der Waals surface area contributed by atoms with E-state index in [2.05, 4.69) is 4.98 Å². The van der Waals surface area contributed by atoms with Crippen LogP contribution in [0.3, 0.4) is 0 Å². The van der Waals surface area contributed by atoms with E-state index in [0.29, 0.717) is 13.0 Å². The molecule has 0 saturated carbocycles. The van der Waals surface area contributed by atoms with Crippen LogP contribution < -0.4 is 5.73 Å². The van der Waals surface area contributed by atoms with Crippen molar-refractivity contribution in [3.63, 3.8) is 0 Å². The van der Waals surface area contributed by atoms with Gasteiger partial charge in [0.15, 0.2) is 0 Å². The molecule has 0 spiro atoms. The van der Waals surface area contributed by atoms with Crippen LogP contribution in [0.5, 0.6) is 0 Å². The second kappa shape index (κ2) is 4.05. The number of halogens is 1. The molecule has 2 N–H and O–H groups in total. The zero-order valence-corrected chi connectivity index (χ0v) is 8.12. The molecule has 0 aromatic carbocycles. The Hall–Kier alpha value is -0.960. The van der Waals surface area contributed by atoms with Crippen LogP contribution in [0, 0.1) is 0 Å². The quantitative estimate of drug-likeness (QED) is 0.796. The first-order chi connectivity index (χ1) is 6.83. The Labute approximate surface area is 83.3 Å². The van der Waals surface area contributed by atoms with Crippen LogP contribution >= 0.6 is 0 Å². The number of aromatic nitrogens is 1. The van der Waals surface area contributed by atoms with Gasteiger partial charge in [-0.3, -0.25) is 4.98 Å². The predicted octanol–water partition coefficient (Wildman–Crippen LogP) is 1.80. The van der Waals surface area contributed by atoms with Gasteiger partial charge in [0.1, 0.15) is 6.17 Å². The van der Waals surface area contributed by atoms with Crippen LogP contribution in [0.25, 0.3) is 0 Å². The van der Waals surface area contributed by atoms with E-state index in [1.54, 1.807) is 6.20 Å². The molecule has 3 heteroatoms. The number of rotatable bonds is 3. The molecule has 0 radical (unpaired) electrons. The first-order valence-electron chi connectivity index (χ1n) is 5.11. The molecular formula is C11H15FN2. The maximum Gasteiger partial charge on any atom is 0.110 e. The summed E-state index contributed by atoms with van der Waals surface area (Å²) in [5.41, 5.74) is 7.51. The van der Waals surface area contributed by atoms with Crippen LogP contribution in [0.15, 0.2) is 18.3 Å². The highest BCUT2D eigenvalue weighted by Crippen LogP contribution is 2.35. The second-order valence-electron chi connectivity index (χ2n) is 3.79. The molecule has 1 aliphatic carbocycles. The minimum absolute atomic E-state index is 0.0188. The maximum absolute atomic E-state index is 13.7. The van der Waals surface area contributed by atoms with Crippen LogP contribution in [-0.4, -0.2) is 17.7 Å². The zero-order chi connectivity index (χ0) is 9.97. The van der Waals surface area contributed by atoms with Crippen molar-refractivity contribution >= 4 is 0 Å². The van der Waals surface area contributed by atoms with E-state index in [4.69, 9.17) is 5.73 Å².